The maximum atomic E-state index is 13.7. The van der Waals surface area contributed by atoms with Gasteiger partial charge < -0.3 is 29.0 Å². The number of alkyl halides is 1. The van der Waals surface area contributed by atoms with Crippen LogP contribution in [0, 0.1) is 5.41 Å². The Kier molecular flexibility index (Phi) is 10.4. The Balaban J connectivity index is 1.86. The highest BCUT2D eigenvalue weighted by atomic mass is 35.5. The second-order valence-electron chi connectivity index (χ2n) is 9.85. The van der Waals surface area contributed by atoms with Crippen molar-refractivity contribution >= 4 is 34.3 Å². The highest BCUT2D eigenvalue weighted by Crippen LogP contribution is 2.28. The zero-order valence-electron chi connectivity index (χ0n) is 22.9. The molecule has 1 heterocycles. The van der Waals surface area contributed by atoms with Crippen LogP contribution in [-0.2, 0) is 27.3 Å². The second kappa shape index (κ2) is 13.5. The van der Waals surface area contributed by atoms with Crippen LogP contribution in [0.1, 0.15) is 25.0 Å². The molecule has 1 aromatic heterocycles. The molecule has 38 heavy (non-hydrogen) atoms. The summed E-state index contributed by atoms with van der Waals surface area (Å²) >= 11 is 6.08. The number of hydrogen-bond donors (Lipinski definition) is 1. The fraction of sp³-hybridized carbons (Fsp3) is 0.448. The number of aromatic nitrogens is 1. The average molecular weight is 544 g/mol. The highest BCUT2D eigenvalue weighted by Gasteiger charge is 2.33. The molecule has 0 saturated carbocycles. The van der Waals surface area contributed by atoms with Crippen LogP contribution in [0.5, 0.6) is 11.5 Å². The third-order valence-electron chi connectivity index (χ3n) is 6.59. The van der Waals surface area contributed by atoms with Crippen molar-refractivity contribution in [2.45, 2.75) is 26.8 Å². The Labute approximate surface area is 229 Å². The largest absolute Gasteiger partial charge is 0.493 e. The number of halogens is 1. The van der Waals surface area contributed by atoms with Crippen molar-refractivity contribution in [1.29, 1.82) is 0 Å². The maximum absolute atomic E-state index is 13.7. The number of para-hydroxylation sites is 1. The molecule has 0 aliphatic carbocycles. The summed E-state index contributed by atoms with van der Waals surface area (Å²) in [5.74, 6) is 1.02. The quantitative estimate of drug-likeness (QED) is 0.303. The number of amides is 2. The van der Waals surface area contributed by atoms with E-state index >= 15 is 0 Å². The van der Waals surface area contributed by atoms with E-state index in [9.17, 15) is 9.59 Å². The van der Waals surface area contributed by atoms with E-state index in [0.717, 1.165) is 22.0 Å². The van der Waals surface area contributed by atoms with Crippen LogP contribution in [-0.4, -0.2) is 80.0 Å². The van der Waals surface area contributed by atoms with E-state index in [2.05, 4.69) is 11.1 Å². The second-order valence-corrected chi connectivity index (χ2v) is 10.1. The molecule has 1 N–H and O–H groups in total. The smallest absolute Gasteiger partial charge is 0.242 e. The van der Waals surface area contributed by atoms with Gasteiger partial charge >= 0.3 is 0 Å². The van der Waals surface area contributed by atoms with Gasteiger partial charge in [0.2, 0.25) is 11.8 Å². The Morgan fingerprint density at radius 2 is 1.71 bits per heavy atom. The van der Waals surface area contributed by atoms with Crippen molar-refractivity contribution in [3.8, 4) is 11.5 Å². The number of carbonyl (C=O) groups excluding carboxylic acids is 2. The van der Waals surface area contributed by atoms with E-state index in [4.69, 9.17) is 25.8 Å². The van der Waals surface area contributed by atoms with Crippen molar-refractivity contribution in [3.05, 3.63) is 59.8 Å². The summed E-state index contributed by atoms with van der Waals surface area (Å²) < 4.78 is 16.0. The van der Waals surface area contributed by atoms with E-state index in [1.165, 1.54) is 0 Å². The van der Waals surface area contributed by atoms with Crippen molar-refractivity contribution in [1.82, 2.24) is 14.8 Å². The van der Waals surface area contributed by atoms with Crippen LogP contribution < -0.4 is 9.47 Å². The highest BCUT2D eigenvalue weighted by molar-refractivity contribution is 6.19. The molecule has 0 spiro atoms. The number of H-pyrrole nitrogens is 1. The number of benzene rings is 2. The minimum Gasteiger partial charge on any atom is -0.493 e. The molecule has 0 aliphatic heterocycles. The van der Waals surface area contributed by atoms with E-state index in [1.54, 1.807) is 45.0 Å². The predicted octanol–water partition coefficient (Wildman–Crippen LogP) is 4.50. The lowest BCUT2D eigenvalue weighted by molar-refractivity contribution is -0.146. The van der Waals surface area contributed by atoms with E-state index in [1.807, 2.05) is 42.6 Å². The summed E-state index contributed by atoms with van der Waals surface area (Å²) in [5, 5.41) is 1.13. The van der Waals surface area contributed by atoms with Crippen LogP contribution >= 0.6 is 11.6 Å². The Morgan fingerprint density at radius 1 is 0.974 bits per heavy atom. The number of nitrogens with zero attached hydrogens (tertiary/aromatic N) is 2. The number of rotatable bonds is 14. The van der Waals surface area contributed by atoms with Gasteiger partial charge in [-0.25, -0.2) is 0 Å². The molecule has 0 atom stereocenters. The summed E-state index contributed by atoms with van der Waals surface area (Å²) in [4.78, 5) is 33.6. The van der Waals surface area contributed by atoms with Crippen molar-refractivity contribution in [3.63, 3.8) is 0 Å². The van der Waals surface area contributed by atoms with Gasteiger partial charge in [-0.2, -0.15) is 0 Å². The fourth-order valence-corrected chi connectivity index (χ4v) is 4.40. The standard InChI is InChI=1S/C29H38ClN3O5/c1-29(2,20-30)28(35)33(14-15-36-3)19-27(34)32(18-21-10-11-25(37-4)26(16-21)38-5)13-12-22-17-31-24-9-7-6-8-23(22)24/h6-11,16-17,31H,12-15,18-20H2,1-5H3. The average Bonchev–Trinajstić information content (AvgIpc) is 3.35. The molecule has 206 valence electrons. The molecule has 8 nitrogen and oxygen atoms in total. The Bertz CT molecular complexity index is 1230. The van der Waals surface area contributed by atoms with Gasteiger partial charge in [0.05, 0.1) is 32.8 Å². The van der Waals surface area contributed by atoms with Gasteiger partial charge in [0.1, 0.15) is 0 Å². The fourth-order valence-electron chi connectivity index (χ4n) is 4.29. The Morgan fingerprint density at radius 3 is 2.39 bits per heavy atom. The number of ether oxygens (including phenoxy) is 3. The van der Waals surface area contributed by atoms with Crippen molar-refractivity contribution in [2.24, 2.45) is 5.41 Å². The normalized spacial score (nSPS) is 11.4. The summed E-state index contributed by atoms with van der Waals surface area (Å²) in [6.07, 6.45) is 2.64. The molecular weight excluding hydrogens is 506 g/mol. The number of aromatic amines is 1. The molecule has 3 aromatic rings. The molecule has 0 saturated heterocycles. The van der Waals surface area contributed by atoms with E-state index in [-0.39, 0.29) is 24.2 Å². The van der Waals surface area contributed by atoms with E-state index < -0.39 is 5.41 Å². The van der Waals surface area contributed by atoms with Gasteiger partial charge in [-0.05, 0) is 49.6 Å². The lowest BCUT2D eigenvalue weighted by atomic mass is 9.94. The first-order chi connectivity index (χ1) is 18.2. The molecule has 0 unspecified atom stereocenters. The number of carbonyl (C=O) groups is 2. The molecule has 0 aliphatic rings. The van der Waals surface area contributed by atoms with Gasteiger partial charge in [0, 0.05) is 49.7 Å². The molecule has 2 amide bonds. The first kappa shape index (κ1) is 29.3. The SMILES string of the molecule is COCCN(CC(=O)N(CCc1c[nH]c2ccccc12)Cc1ccc(OC)c(OC)c1)C(=O)C(C)(C)CCl. The molecule has 2 aromatic carbocycles. The predicted molar refractivity (Wildman–Crippen MR) is 150 cm³/mol. The van der Waals surface area contributed by atoms with Crippen molar-refractivity contribution in [2.75, 3.05) is 53.5 Å². The third kappa shape index (κ3) is 7.20. The first-order valence-corrected chi connectivity index (χ1v) is 13.2. The third-order valence-corrected chi connectivity index (χ3v) is 7.26. The molecule has 9 heteroatoms. The topological polar surface area (TPSA) is 84.1 Å². The minimum absolute atomic E-state index is 0.0658. The van der Waals surface area contributed by atoms with Gasteiger partial charge in [-0.3, -0.25) is 9.59 Å². The maximum Gasteiger partial charge on any atom is 0.242 e. The number of hydrogen-bond acceptors (Lipinski definition) is 5. The molecule has 0 fully saturated rings. The molecule has 3 rings (SSSR count). The minimum atomic E-state index is -0.798. The van der Waals surface area contributed by atoms with E-state index in [0.29, 0.717) is 44.2 Å². The summed E-state index contributed by atoms with van der Waals surface area (Å²) in [6.45, 7) is 4.95. The monoisotopic (exact) mass is 543 g/mol. The number of fused-ring (bicyclic) bond motifs is 1. The van der Waals surface area contributed by atoms with Crippen LogP contribution in [0.3, 0.4) is 0 Å². The number of nitrogens with one attached hydrogen (secondary N) is 1. The van der Waals surface area contributed by atoms with Crippen LogP contribution in [0.4, 0.5) is 0 Å². The molecule has 0 radical (unpaired) electrons. The van der Waals surface area contributed by atoms with Crippen LogP contribution in [0.15, 0.2) is 48.7 Å². The van der Waals surface area contributed by atoms with Crippen LogP contribution in [0.25, 0.3) is 10.9 Å². The lowest BCUT2D eigenvalue weighted by Gasteiger charge is -2.32. The molecular formula is C29H38ClN3O5. The summed E-state index contributed by atoms with van der Waals surface area (Å²) in [7, 11) is 4.74. The Hall–Kier alpha value is -3.23. The lowest BCUT2D eigenvalue weighted by Crippen LogP contribution is -2.49. The van der Waals surface area contributed by atoms with Gasteiger partial charge in [0.15, 0.2) is 11.5 Å². The zero-order chi connectivity index (χ0) is 27.7. The first-order valence-electron chi connectivity index (χ1n) is 12.6. The summed E-state index contributed by atoms with van der Waals surface area (Å²) in [5.41, 5.74) is 2.28. The zero-order valence-corrected chi connectivity index (χ0v) is 23.6. The van der Waals surface area contributed by atoms with Gasteiger partial charge in [-0.15, -0.1) is 11.6 Å². The van der Waals surface area contributed by atoms with Crippen LogP contribution in [0.2, 0.25) is 0 Å². The van der Waals surface area contributed by atoms with Gasteiger partial charge in [-0.1, -0.05) is 24.3 Å². The summed E-state index contributed by atoms with van der Waals surface area (Å²) in [6, 6.07) is 13.7. The van der Waals surface area contributed by atoms with Crippen molar-refractivity contribution < 1.29 is 23.8 Å². The van der Waals surface area contributed by atoms with Gasteiger partial charge in [0.25, 0.3) is 0 Å². The molecule has 0 bridgehead atoms. The number of methoxy groups -OCH3 is 3.